The zero-order valence-corrected chi connectivity index (χ0v) is 23.6. The van der Waals surface area contributed by atoms with E-state index in [2.05, 4.69) is 22.2 Å². The number of allylic oxidation sites excluding steroid dienone is 1. The van der Waals surface area contributed by atoms with Gasteiger partial charge < -0.3 is 36.4 Å². The summed E-state index contributed by atoms with van der Waals surface area (Å²) in [7, 11) is 5.22. The molecule has 0 saturated carbocycles. The highest BCUT2D eigenvalue weighted by Gasteiger charge is 2.63. The minimum atomic E-state index is -2.70. The maximum Gasteiger partial charge on any atom is 0.255 e. The first-order valence-corrected chi connectivity index (χ1v) is 14.0. The van der Waals surface area contributed by atoms with Crippen molar-refractivity contribution in [1.82, 2.24) is 14.7 Å². The molecule has 2 fully saturated rings. The lowest BCUT2D eigenvalue weighted by Crippen LogP contribution is -2.63. The third kappa shape index (κ3) is 3.91. The molecule has 6 atom stereocenters. The number of piperazine rings is 1. The van der Waals surface area contributed by atoms with Gasteiger partial charge >= 0.3 is 0 Å². The lowest BCUT2D eigenvalue weighted by atomic mass is 9.58. The number of benzene rings is 1. The van der Waals surface area contributed by atoms with Crippen LogP contribution in [0.5, 0.6) is 5.75 Å². The summed E-state index contributed by atoms with van der Waals surface area (Å²) in [5, 5.41) is 47.8. The molecule has 2 bridgehead atoms. The van der Waals surface area contributed by atoms with Crippen LogP contribution < -0.4 is 11.1 Å². The lowest BCUT2D eigenvalue weighted by molar-refractivity contribution is -0.148. The van der Waals surface area contributed by atoms with Gasteiger partial charge in [-0.25, -0.2) is 0 Å². The molecule has 2 aliphatic heterocycles. The Morgan fingerprint density at radius 2 is 1.83 bits per heavy atom. The molecule has 3 aliphatic carbocycles. The number of ketones is 2. The summed E-state index contributed by atoms with van der Waals surface area (Å²) in [5.74, 6) is -7.45. The van der Waals surface area contributed by atoms with Crippen LogP contribution in [0.25, 0.3) is 0 Å². The van der Waals surface area contributed by atoms with E-state index in [9.17, 15) is 39.6 Å². The van der Waals surface area contributed by atoms with Crippen LogP contribution >= 0.6 is 0 Å². The van der Waals surface area contributed by atoms with Crippen LogP contribution in [0.2, 0.25) is 0 Å². The van der Waals surface area contributed by atoms with E-state index in [1.165, 1.54) is 11.0 Å². The standard InChI is InChI=1S/C29H35N5O8/c1-32(2)22-16-7-13-6-12-4-5-17(31-18(35)11-34-10-14-8-15(34)9-33(14)3)23(36)19(12)24(37)20(13)26(39)29(16,42)27(40)21(25(22)38)28(30)41/h4-5,13-16,22,36,38-39,42H,6-11H2,1-3H3,(H2,30,41)(H,31,35)/t13?,14?,15?,16?,22-,29-/m1/s1. The summed E-state index contributed by atoms with van der Waals surface area (Å²) in [6.45, 7) is 1.80. The van der Waals surface area contributed by atoms with Gasteiger partial charge in [0, 0.05) is 36.7 Å². The van der Waals surface area contributed by atoms with Crippen LogP contribution in [0.1, 0.15) is 28.8 Å². The zero-order valence-electron chi connectivity index (χ0n) is 23.6. The molecular weight excluding hydrogens is 546 g/mol. The number of likely N-dealkylation sites (N-methyl/N-ethyl adjacent to an activating group) is 2. The fourth-order valence-corrected chi connectivity index (χ4v) is 7.84. The fourth-order valence-electron chi connectivity index (χ4n) is 7.84. The number of nitrogens with two attached hydrogens (primary N) is 1. The van der Waals surface area contributed by atoms with Gasteiger partial charge in [0.1, 0.15) is 17.1 Å². The maximum absolute atomic E-state index is 13.8. The molecule has 13 heteroatoms. The summed E-state index contributed by atoms with van der Waals surface area (Å²) in [6.07, 6.45) is 1.20. The molecule has 0 radical (unpaired) electrons. The van der Waals surface area contributed by atoms with Crippen LogP contribution in [0, 0.1) is 11.8 Å². The molecule has 2 saturated heterocycles. The van der Waals surface area contributed by atoms with E-state index in [0.29, 0.717) is 17.6 Å². The molecule has 2 amide bonds. The minimum absolute atomic E-state index is 0.0121. The van der Waals surface area contributed by atoms with Gasteiger partial charge in [0.25, 0.3) is 5.91 Å². The average Bonchev–Trinajstić information content (AvgIpc) is 3.46. The molecular formula is C29H35N5O8. The van der Waals surface area contributed by atoms with Gasteiger partial charge in [-0.1, -0.05) is 6.07 Å². The Bertz CT molecular complexity index is 1500. The van der Waals surface area contributed by atoms with Crippen molar-refractivity contribution in [1.29, 1.82) is 0 Å². The number of hydrogen-bond acceptors (Lipinski definition) is 11. The monoisotopic (exact) mass is 581 g/mol. The number of primary amides is 1. The number of rotatable bonds is 5. The van der Waals surface area contributed by atoms with E-state index in [-0.39, 0.29) is 42.1 Å². The third-order valence-corrected chi connectivity index (χ3v) is 9.84. The number of phenols is 1. The Hall–Kier alpha value is -3.78. The van der Waals surface area contributed by atoms with E-state index >= 15 is 0 Å². The number of phenolic OH excluding ortho intramolecular Hbond substituents is 1. The summed E-state index contributed by atoms with van der Waals surface area (Å²) < 4.78 is 0. The van der Waals surface area contributed by atoms with Crippen molar-refractivity contribution < 1.29 is 39.6 Å². The number of aromatic hydroxyl groups is 1. The van der Waals surface area contributed by atoms with Crippen molar-refractivity contribution >= 4 is 29.1 Å². The highest BCUT2D eigenvalue weighted by molar-refractivity contribution is 6.25. The first-order chi connectivity index (χ1) is 19.7. The topological polar surface area (TPSA) is 197 Å². The number of Topliss-reactive ketones (excluding diaryl/α,β-unsaturated/α-hetero) is 2. The average molecular weight is 582 g/mol. The maximum atomic E-state index is 13.8. The molecule has 4 unspecified atom stereocenters. The van der Waals surface area contributed by atoms with Crippen molar-refractivity contribution in [2.45, 2.75) is 43.0 Å². The zero-order chi connectivity index (χ0) is 30.4. The van der Waals surface area contributed by atoms with E-state index < -0.39 is 63.8 Å². The van der Waals surface area contributed by atoms with Crippen molar-refractivity contribution in [2.75, 3.05) is 46.1 Å². The minimum Gasteiger partial charge on any atom is -0.510 e. The van der Waals surface area contributed by atoms with E-state index in [0.717, 1.165) is 19.5 Å². The normalized spacial score (nSPS) is 32.7. The molecule has 42 heavy (non-hydrogen) atoms. The van der Waals surface area contributed by atoms with Crippen LogP contribution in [-0.4, -0.2) is 123 Å². The number of hydrogen-bond donors (Lipinski definition) is 6. The number of fused-ring (bicyclic) bond motifs is 5. The first-order valence-electron chi connectivity index (χ1n) is 14.0. The number of aliphatic hydroxyl groups is 3. The van der Waals surface area contributed by atoms with Gasteiger partial charge in [-0.05, 0) is 58.0 Å². The SMILES string of the molecule is CN1CC2CC1CN2CC(=O)Nc1ccc2c(c1O)C(=O)C1=C(O)[C@@]3(O)C(=O)C(C(N)=O)=C(O)[C@H](N(C)C)C3CC1C2. The third-order valence-electron chi connectivity index (χ3n) is 9.84. The molecule has 13 nitrogen and oxygen atoms in total. The lowest BCUT2D eigenvalue weighted by Gasteiger charge is -2.50. The number of likely N-dealkylation sites (tertiary alicyclic amines) is 2. The van der Waals surface area contributed by atoms with Gasteiger partial charge in [0.05, 0.1) is 23.8 Å². The highest BCUT2D eigenvalue weighted by Crippen LogP contribution is 2.52. The molecule has 6 rings (SSSR count). The number of aliphatic hydroxyl groups excluding tert-OH is 2. The van der Waals surface area contributed by atoms with Crippen molar-refractivity contribution in [3.63, 3.8) is 0 Å². The molecule has 1 aromatic rings. The van der Waals surface area contributed by atoms with Crippen molar-refractivity contribution in [2.24, 2.45) is 17.6 Å². The van der Waals surface area contributed by atoms with Gasteiger partial charge in [0.15, 0.2) is 17.1 Å². The Balaban J connectivity index is 1.33. The van der Waals surface area contributed by atoms with Gasteiger partial charge in [-0.2, -0.15) is 0 Å². The highest BCUT2D eigenvalue weighted by atomic mass is 16.3. The number of nitrogens with zero attached hydrogens (tertiary/aromatic N) is 3. The van der Waals surface area contributed by atoms with Crippen LogP contribution in [0.3, 0.4) is 0 Å². The quantitative estimate of drug-likeness (QED) is 0.193. The predicted molar refractivity (Wildman–Crippen MR) is 149 cm³/mol. The van der Waals surface area contributed by atoms with Crippen LogP contribution in [0.15, 0.2) is 34.8 Å². The van der Waals surface area contributed by atoms with Gasteiger partial charge in [-0.3, -0.25) is 29.0 Å². The predicted octanol–water partition coefficient (Wildman–Crippen LogP) is -0.553. The number of carbonyl (C=O) groups is 4. The Morgan fingerprint density at radius 3 is 2.43 bits per heavy atom. The summed E-state index contributed by atoms with van der Waals surface area (Å²) in [5.41, 5.74) is 1.93. The number of anilines is 1. The molecule has 0 aromatic heterocycles. The smallest absolute Gasteiger partial charge is 0.255 e. The van der Waals surface area contributed by atoms with E-state index in [4.69, 9.17) is 5.73 Å². The first kappa shape index (κ1) is 28.3. The van der Waals surface area contributed by atoms with Crippen molar-refractivity contribution in [3.05, 3.63) is 45.9 Å². The molecule has 1 aromatic carbocycles. The van der Waals surface area contributed by atoms with Gasteiger partial charge in [0.2, 0.25) is 11.7 Å². The largest absolute Gasteiger partial charge is 0.510 e. The molecule has 5 aliphatic rings. The second kappa shape index (κ2) is 9.63. The summed E-state index contributed by atoms with van der Waals surface area (Å²) in [6, 6.07) is 2.81. The molecule has 7 N–H and O–H groups in total. The Morgan fingerprint density at radius 1 is 1.12 bits per heavy atom. The van der Waals surface area contributed by atoms with Gasteiger partial charge in [-0.15, -0.1) is 0 Å². The number of nitrogens with one attached hydrogen (secondary N) is 1. The molecule has 224 valence electrons. The van der Waals surface area contributed by atoms with Crippen LogP contribution in [-0.2, 0) is 20.8 Å². The molecule has 2 heterocycles. The van der Waals surface area contributed by atoms with E-state index in [1.54, 1.807) is 20.2 Å². The summed E-state index contributed by atoms with van der Waals surface area (Å²) >= 11 is 0. The fraction of sp³-hybridized carbons (Fsp3) is 0.517. The van der Waals surface area contributed by atoms with Crippen molar-refractivity contribution in [3.8, 4) is 5.75 Å². The second-order valence-electron chi connectivity index (χ2n) is 12.4. The number of amides is 2. The van der Waals surface area contributed by atoms with Crippen LogP contribution in [0.4, 0.5) is 5.69 Å². The second-order valence-corrected chi connectivity index (χ2v) is 12.4. The molecule has 0 spiro atoms. The Labute approximate surface area is 241 Å². The summed E-state index contributed by atoms with van der Waals surface area (Å²) in [4.78, 5) is 58.1. The van der Waals surface area contributed by atoms with E-state index in [1.807, 2.05) is 0 Å². The number of carbonyl (C=O) groups excluding carboxylic acids is 4. The Kier molecular flexibility index (Phi) is 6.50.